The Morgan fingerprint density at radius 3 is 1.92 bits per heavy atom. The number of benzene rings is 3. The average molecular weight is 767 g/mol. The van der Waals surface area contributed by atoms with Crippen LogP contribution in [0.4, 0.5) is 44.3 Å². The molecule has 282 valence electrons. The third-order valence-corrected chi connectivity index (χ3v) is 12.2. The first-order valence-corrected chi connectivity index (χ1v) is 17.3. The number of nitrogens with zero attached hydrogens (tertiary/aromatic N) is 1. The molecule has 2 amide bonds. The van der Waals surface area contributed by atoms with E-state index < -0.39 is 103 Å². The minimum absolute atomic E-state index is 0.231. The van der Waals surface area contributed by atoms with Gasteiger partial charge in [-0.25, -0.2) is 26.4 Å². The number of likely N-dealkylation sites (tertiary alicyclic amines) is 1. The molecular formula is C34H31F9N2O6S. The molecule has 52 heavy (non-hydrogen) atoms. The van der Waals surface area contributed by atoms with E-state index in [9.17, 15) is 62.6 Å². The van der Waals surface area contributed by atoms with Crippen molar-refractivity contribution in [1.82, 2.24) is 10.2 Å². The summed E-state index contributed by atoms with van der Waals surface area (Å²) in [6.45, 7) is -2.63. The molecule has 1 atom stereocenters. The Labute approximate surface area is 291 Å². The molecule has 1 saturated heterocycles. The highest BCUT2D eigenvalue weighted by atomic mass is 32.2. The van der Waals surface area contributed by atoms with Crippen LogP contribution in [0.15, 0.2) is 71.6 Å². The second-order valence-electron chi connectivity index (χ2n) is 12.7. The second-order valence-corrected chi connectivity index (χ2v) is 15.0. The van der Waals surface area contributed by atoms with Crippen LogP contribution in [0.2, 0.25) is 0 Å². The smallest absolute Gasteiger partial charge is 0.430 e. The number of carboxylic acids is 1. The first-order valence-electron chi connectivity index (χ1n) is 15.8. The molecule has 1 aliphatic carbocycles. The zero-order chi connectivity index (χ0) is 38.3. The molecule has 8 nitrogen and oxygen atoms in total. The molecule has 0 radical (unpaired) electrons. The maximum Gasteiger partial charge on any atom is 0.430 e. The van der Waals surface area contributed by atoms with E-state index >= 15 is 0 Å². The molecule has 5 rings (SSSR count). The Bertz CT molecular complexity index is 1860. The van der Waals surface area contributed by atoms with Gasteiger partial charge in [-0.2, -0.15) is 26.3 Å². The number of alkyl halides is 6. The molecule has 1 heterocycles. The van der Waals surface area contributed by atoms with E-state index in [1.54, 1.807) is 0 Å². The highest BCUT2D eigenvalue weighted by molar-refractivity contribution is 7.92. The van der Waals surface area contributed by atoms with Crippen LogP contribution in [-0.4, -0.2) is 61.9 Å². The largest absolute Gasteiger partial charge is 0.481 e. The van der Waals surface area contributed by atoms with E-state index in [0.717, 1.165) is 35.2 Å². The number of hydrogen-bond acceptors (Lipinski definition) is 5. The fraction of sp³-hybridized carbons (Fsp3) is 0.412. The number of hydrogen-bond donors (Lipinski definition) is 2. The van der Waals surface area contributed by atoms with Gasteiger partial charge in [-0.1, -0.05) is 30.3 Å². The standard InChI is InChI=1S/C34H31F9N2O6S/c35-23-10-14-25(15-11-23)52(49,50)31(16-17-45(19-31)30(48)44-24-12-4-20(5-13-24)29(46)47)21-6-8-22(9-7-21)32(33(38,39)40,34(41,42)43)51-18-26-27(36)2-1-3-28(26)37/h1-3,6-11,14-15,20,24H,4-5,12-13,16-19H2,(H,44,48)(H,46,47)/t20-,24-,31-/m0/s1. The third kappa shape index (κ3) is 7.06. The minimum atomic E-state index is -6.25. The summed E-state index contributed by atoms with van der Waals surface area (Å²) in [6.07, 6.45) is -11.7. The van der Waals surface area contributed by atoms with Crippen LogP contribution in [0.1, 0.15) is 48.8 Å². The Balaban J connectivity index is 1.53. The molecule has 1 saturated carbocycles. The maximum absolute atomic E-state index is 14.5. The summed E-state index contributed by atoms with van der Waals surface area (Å²) < 4.78 is 160. The monoisotopic (exact) mass is 766 g/mol. The van der Waals surface area contributed by atoms with Crippen molar-refractivity contribution in [3.8, 4) is 0 Å². The summed E-state index contributed by atoms with van der Waals surface area (Å²) in [4.78, 5) is 25.3. The molecule has 1 aliphatic heterocycles. The normalized spacial score (nSPS) is 21.6. The number of ether oxygens (including phenoxy) is 1. The van der Waals surface area contributed by atoms with Crippen LogP contribution >= 0.6 is 0 Å². The molecule has 3 aromatic carbocycles. The highest BCUT2D eigenvalue weighted by Crippen LogP contribution is 2.54. The second kappa shape index (κ2) is 14.2. The van der Waals surface area contributed by atoms with Crippen molar-refractivity contribution < 1.29 is 67.4 Å². The SMILES string of the molecule is O=C(N[C@H]1CC[C@H](C(=O)O)CC1)N1CC[C@](c2ccc(C(OCc3c(F)cccc3F)(C(F)(F)F)C(F)(F)F)cc2)(S(=O)(=O)c2ccc(F)cc2)C1. The molecule has 2 aliphatic rings. The van der Waals surface area contributed by atoms with Crippen molar-refractivity contribution in [2.24, 2.45) is 5.92 Å². The van der Waals surface area contributed by atoms with Crippen LogP contribution < -0.4 is 5.32 Å². The molecule has 3 aromatic rings. The first-order chi connectivity index (χ1) is 24.2. The highest BCUT2D eigenvalue weighted by Gasteiger charge is 2.73. The summed E-state index contributed by atoms with van der Waals surface area (Å²) in [5.74, 6) is -5.27. The van der Waals surface area contributed by atoms with E-state index in [-0.39, 0.29) is 31.4 Å². The fourth-order valence-corrected chi connectivity index (χ4v) is 8.83. The topological polar surface area (TPSA) is 113 Å². The number of carbonyl (C=O) groups excluding carboxylic acids is 1. The van der Waals surface area contributed by atoms with Crippen molar-refractivity contribution in [3.05, 3.63) is 101 Å². The number of nitrogens with one attached hydrogen (secondary N) is 1. The van der Waals surface area contributed by atoms with Crippen molar-refractivity contribution in [3.63, 3.8) is 0 Å². The molecule has 2 fully saturated rings. The molecule has 0 bridgehead atoms. The molecule has 2 N–H and O–H groups in total. The third-order valence-electron chi connectivity index (χ3n) is 9.67. The number of halogens is 9. The van der Waals surface area contributed by atoms with Gasteiger partial charge in [-0.3, -0.25) is 4.79 Å². The summed E-state index contributed by atoms with van der Waals surface area (Å²) in [5, 5.41) is 12.0. The molecule has 0 unspecified atom stereocenters. The van der Waals surface area contributed by atoms with Crippen LogP contribution in [0.3, 0.4) is 0 Å². The first kappa shape index (κ1) is 38.9. The van der Waals surface area contributed by atoms with Crippen LogP contribution in [0.25, 0.3) is 0 Å². The van der Waals surface area contributed by atoms with E-state index in [0.29, 0.717) is 49.2 Å². The van der Waals surface area contributed by atoms with E-state index in [1.807, 2.05) is 0 Å². The molecule has 0 spiro atoms. The van der Waals surface area contributed by atoms with Gasteiger partial charge in [0.1, 0.15) is 22.2 Å². The van der Waals surface area contributed by atoms with Crippen molar-refractivity contribution >= 4 is 21.8 Å². The molecular weight excluding hydrogens is 735 g/mol. The number of rotatable bonds is 9. The van der Waals surface area contributed by atoms with E-state index in [2.05, 4.69) is 10.1 Å². The predicted octanol–water partition coefficient (Wildman–Crippen LogP) is 7.37. The molecule has 0 aromatic heterocycles. The Hall–Kier alpha value is -4.32. The van der Waals surface area contributed by atoms with Gasteiger partial charge < -0.3 is 20.1 Å². The Morgan fingerprint density at radius 2 is 1.40 bits per heavy atom. The van der Waals surface area contributed by atoms with Crippen molar-refractivity contribution in [2.45, 2.75) is 72.3 Å². The lowest BCUT2D eigenvalue weighted by Gasteiger charge is -2.38. The Kier molecular flexibility index (Phi) is 10.7. The minimum Gasteiger partial charge on any atom is -0.481 e. The number of amides is 2. The average Bonchev–Trinajstić information content (AvgIpc) is 3.53. The zero-order valence-electron chi connectivity index (χ0n) is 26.9. The number of carboxylic acid groups (broad SMARTS) is 1. The summed E-state index contributed by atoms with van der Waals surface area (Å²) in [6, 6.07) is 6.58. The predicted molar refractivity (Wildman–Crippen MR) is 165 cm³/mol. The van der Waals surface area contributed by atoms with Crippen LogP contribution in [0, 0.1) is 23.4 Å². The number of aliphatic carboxylic acids is 1. The van der Waals surface area contributed by atoms with Crippen molar-refractivity contribution in [1.29, 1.82) is 0 Å². The number of sulfone groups is 1. The fourth-order valence-electron chi connectivity index (χ4n) is 6.75. The lowest BCUT2D eigenvalue weighted by Crippen LogP contribution is -2.56. The van der Waals surface area contributed by atoms with Gasteiger partial charge in [-0.05, 0) is 74.1 Å². The van der Waals surface area contributed by atoms with Crippen LogP contribution in [0.5, 0.6) is 0 Å². The van der Waals surface area contributed by atoms with Gasteiger partial charge in [-0.15, -0.1) is 0 Å². The summed E-state index contributed by atoms with van der Waals surface area (Å²) >= 11 is 0. The quantitative estimate of drug-likeness (QED) is 0.174. The lowest BCUT2D eigenvalue weighted by atomic mass is 9.86. The number of urea groups is 1. The van der Waals surface area contributed by atoms with Gasteiger partial charge in [0.05, 0.1) is 17.4 Å². The summed E-state index contributed by atoms with van der Waals surface area (Å²) in [5.41, 5.74) is -8.21. The zero-order valence-corrected chi connectivity index (χ0v) is 27.7. The number of carbonyl (C=O) groups is 2. The van der Waals surface area contributed by atoms with Crippen molar-refractivity contribution in [2.75, 3.05) is 13.1 Å². The Morgan fingerprint density at radius 1 is 0.846 bits per heavy atom. The summed E-state index contributed by atoms with van der Waals surface area (Å²) in [7, 11) is -4.66. The van der Waals surface area contributed by atoms with Gasteiger partial charge in [0.2, 0.25) is 0 Å². The van der Waals surface area contributed by atoms with Crippen LogP contribution in [-0.2, 0) is 36.3 Å². The van der Waals surface area contributed by atoms with E-state index in [1.165, 1.54) is 0 Å². The van der Waals surface area contributed by atoms with Gasteiger partial charge >= 0.3 is 24.4 Å². The van der Waals surface area contributed by atoms with Gasteiger partial charge in [0, 0.05) is 30.3 Å². The van der Waals surface area contributed by atoms with E-state index in [4.69, 9.17) is 0 Å². The van der Waals surface area contributed by atoms with Gasteiger partial charge in [0.25, 0.3) is 5.60 Å². The maximum atomic E-state index is 14.5. The van der Waals surface area contributed by atoms with Gasteiger partial charge in [0.15, 0.2) is 9.84 Å². The lowest BCUT2D eigenvalue weighted by molar-refractivity contribution is -0.392. The molecule has 18 heteroatoms.